The number of carbonyl (C=O) groups is 2. The lowest BCUT2D eigenvalue weighted by Gasteiger charge is -2.28. The fourth-order valence-corrected chi connectivity index (χ4v) is 3.18. The summed E-state index contributed by atoms with van der Waals surface area (Å²) in [4.78, 5) is 28.1. The van der Waals surface area contributed by atoms with E-state index >= 15 is 0 Å². The minimum absolute atomic E-state index is 0.0368. The summed E-state index contributed by atoms with van der Waals surface area (Å²) in [5.41, 5.74) is 2.71. The van der Waals surface area contributed by atoms with E-state index in [0.717, 1.165) is 36.4 Å². The van der Waals surface area contributed by atoms with Gasteiger partial charge in [0, 0.05) is 58.7 Å². The predicted molar refractivity (Wildman–Crippen MR) is 106 cm³/mol. The van der Waals surface area contributed by atoms with E-state index in [9.17, 15) is 9.59 Å². The molecule has 7 heteroatoms. The van der Waals surface area contributed by atoms with Crippen LogP contribution >= 0.6 is 0 Å². The van der Waals surface area contributed by atoms with Gasteiger partial charge in [-0.3, -0.25) is 9.59 Å². The summed E-state index contributed by atoms with van der Waals surface area (Å²) in [7, 11) is 5.45. The third-order valence-corrected chi connectivity index (χ3v) is 4.60. The minimum Gasteiger partial charge on any atom is -0.377 e. The molecule has 2 rings (SSSR count). The van der Waals surface area contributed by atoms with Crippen molar-refractivity contribution in [2.45, 2.75) is 38.8 Å². The monoisotopic (exact) mass is 377 g/mol. The molecule has 1 aromatic rings. The second kappa shape index (κ2) is 10.3. The smallest absolute Gasteiger partial charge is 0.248 e. The van der Waals surface area contributed by atoms with Crippen molar-refractivity contribution in [1.29, 1.82) is 0 Å². The van der Waals surface area contributed by atoms with Gasteiger partial charge in [0.05, 0.1) is 6.10 Å². The molecule has 1 N–H and O–H groups in total. The third kappa shape index (κ3) is 6.22. The first-order chi connectivity index (χ1) is 12.9. The molecular weight excluding hydrogens is 346 g/mol. The van der Waals surface area contributed by atoms with Gasteiger partial charge in [0.2, 0.25) is 11.8 Å². The Morgan fingerprint density at radius 2 is 2.11 bits per heavy atom. The van der Waals surface area contributed by atoms with Crippen molar-refractivity contribution in [2.75, 3.05) is 51.2 Å². The van der Waals surface area contributed by atoms with Crippen LogP contribution in [0.5, 0.6) is 0 Å². The number of hydrogen-bond acceptors (Lipinski definition) is 5. The Morgan fingerprint density at radius 3 is 2.70 bits per heavy atom. The maximum Gasteiger partial charge on any atom is 0.248 e. The second-order valence-corrected chi connectivity index (χ2v) is 6.98. The summed E-state index contributed by atoms with van der Waals surface area (Å²) < 4.78 is 10.8. The molecule has 1 aromatic carbocycles. The Morgan fingerprint density at radius 1 is 1.33 bits per heavy atom. The van der Waals surface area contributed by atoms with Crippen LogP contribution in [0.1, 0.15) is 31.7 Å². The molecule has 1 heterocycles. The number of hydrogen-bond donors (Lipinski definition) is 1. The van der Waals surface area contributed by atoms with E-state index in [1.807, 2.05) is 44.1 Å². The van der Waals surface area contributed by atoms with Crippen molar-refractivity contribution < 1.29 is 19.1 Å². The summed E-state index contributed by atoms with van der Waals surface area (Å²) in [6, 6.07) is 5.78. The molecule has 1 atom stereocenters. The van der Waals surface area contributed by atoms with Crippen molar-refractivity contribution in [1.82, 2.24) is 4.90 Å². The van der Waals surface area contributed by atoms with Crippen LogP contribution in [0.25, 0.3) is 0 Å². The van der Waals surface area contributed by atoms with Gasteiger partial charge >= 0.3 is 0 Å². The van der Waals surface area contributed by atoms with Gasteiger partial charge in [-0.05, 0) is 36.6 Å². The van der Waals surface area contributed by atoms with Crippen molar-refractivity contribution in [3.05, 3.63) is 23.8 Å². The van der Waals surface area contributed by atoms with Crippen molar-refractivity contribution in [3.8, 4) is 0 Å². The van der Waals surface area contributed by atoms with Gasteiger partial charge < -0.3 is 24.6 Å². The molecule has 0 spiro atoms. The number of amides is 2. The van der Waals surface area contributed by atoms with Crippen molar-refractivity contribution >= 4 is 23.2 Å². The number of benzene rings is 1. The highest BCUT2D eigenvalue weighted by Crippen LogP contribution is 2.25. The zero-order valence-electron chi connectivity index (χ0n) is 16.8. The molecule has 1 saturated heterocycles. The van der Waals surface area contributed by atoms with E-state index in [1.165, 1.54) is 7.11 Å². The molecule has 1 aliphatic rings. The van der Waals surface area contributed by atoms with Gasteiger partial charge in [-0.15, -0.1) is 0 Å². The summed E-state index contributed by atoms with van der Waals surface area (Å²) >= 11 is 0. The summed E-state index contributed by atoms with van der Waals surface area (Å²) in [6.45, 7) is 3.58. The molecule has 0 saturated carbocycles. The second-order valence-electron chi connectivity index (χ2n) is 6.98. The Labute approximate surface area is 161 Å². The summed E-state index contributed by atoms with van der Waals surface area (Å²) in [5, 5.41) is 2.89. The third-order valence-electron chi connectivity index (χ3n) is 4.60. The van der Waals surface area contributed by atoms with Gasteiger partial charge in [0.15, 0.2) is 0 Å². The van der Waals surface area contributed by atoms with Crippen molar-refractivity contribution in [3.63, 3.8) is 0 Å². The molecule has 0 radical (unpaired) electrons. The van der Waals surface area contributed by atoms with Gasteiger partial charge in [-0.25, -0.2) is 0 Å². The lowest BCUT2D eigenvalue weighted by molar-refractivity contribution is -0.137. The Kier molecular flexibility index (Phi) is 8.06. The lowest BCUT2D eigenvalue weighted by Crippen LogP contribution is -2.39. The number of methoxy groups -OCH3 is 1. The first kappa shape index (κ1) is 21.2. The first-order valence-electron chi connectivity index (χ1n) is 9.43. The highest BCUT2D eigenvalue weighted by atomic mass is 16.5. The minimum atomic E-state index is -0.0688. The maximum atomic E-state index is 12.6. The van der Waals surface area contributed by atoms with Crippen LogP contribution in [0.3, 0.4) is 0 Å². The quantitative estimate of drug-likeness (QED) is 0.715. The van der Waals surface area contributed by atoms with Crippen LogP contribution in [0.15, 0.2) is 18.2 Å². The number of anilines is 2. The first-order valence-corrected chi connectivity index (χ1v) is 9.43. The van der Waals surface area contributed by atoms with E-state index in [-0.39, 0.29) is 24.5 Å². The van der Waals surface area contributed by atoms with Gasteiger partial charge in [-0.1, -0.05) is 6.92 Å². The Balaban J connectivity index is 2.25. The van der Waals surface area contributed by atoms with Crippen LogP contribution < -0.4 is 10.2 Å². The van der Waals surface area contributed by atoms with Crippen LogP contribution in [0.4, 0.5) is 11.4 Å². The standard InChI is InChI=1S/C20H31N3O4/c1-5-19(24)21-16-8-9-18(22(2)3)15(11-16)12-23(20(25)14-26-4)13-17-7-6-10-27-17/h8-9,11,17H,5-7,10,12-14H2,1-4H3,(H,21,24)/t17-/m0/s1. The topological polar surface area (TPSA) is 71.1 Å². The average molecular weight is 377 g/mol. The molecule has 0 aliphatic carbocycles. The van der Waals surface area contributed by atoms with Crippen molar-refractivity contribution in [2.24, 2.45) is 0 Å². The molecule has 1 fully saturated rings. The molecule has 150 valence electrons. The van der Waals surface area contributed by atoms with Crippen LogP contribution in [-0.2, 0) is 25.6 Å². The molecule has 0 bridgehead atoms. The zero-order valence-corrected chi connectivity index (χ0v) is 16.8. The van der Waals surface area contributed by atoms with E-state index in [2.05, 4.69) is 5.32 Å². The van der Waals surface area contributed by atoms with Gasteiger partial charge in [-0.2, -0.15) is 0 Å². The number of nitrogens with zero attached hydrogens (tertiary/aromatic N) is 2. The molecular formula is C20H31N3O4. The SMILES string of the molecule is CCC(=O)Nc1ccc(N(C)C)c(CN(C[C@@H]2CCCO2)C(=O)COC)c1. The van der Waals surface area contributed by atoms with E-state index in [0.29, 0.717) is 19.5 Å². The molecule has 2 amide bonds. The van der Waals surface area contributed by atoms with Gasteiger partial charge in [0.1, 0.15) is 6.61 Å². The molecule has 0 aromatic heterocycles. The number of rotatable bonds is 9. The number of carbonyl (C=O) groups excluding carboxylic acids is 2. The molecule has 0 unspecified atom stereocenters. The normalized spacial score (nSPS) is 16.2. The van der Waals surface area contributed by atoms with E-state index < -0.39 is 0 Å². The summed E-state index contributed by atoms with van der Waals surface area (Å²) in [6.07, 6.45) is 2.47. The Bertz CT molecular complexity index is 642. The van der Waals surface area contributed by atoms with Gasteiger partial charge in [0.25, 0.3) is 0 Å². The number of nitrogens with one attached hydrogen (secondary N) is 1. The van der Waals surface area contributed by atoms with Crippen LogP contribution in [0.2, 0.25) is 0 Å². The lowest BCUT2D eigenvalue weighted by atomic mass is 10.1. The predicted octanol–water partition coefficient (Wildman–Crippen LogP) is 2.26. The van der Waals surface area contributed by atoms with Crippen LogP contribution in [0, 0.1) is 0 Å². The fraction of sp³-hybridized carbons (Fsp3) is 0.600. The van der Waals surface area contributed by atoms with E-state index in [1.54, 1.807) is 4.90 Å². The fourth-order valence-electron chi connectivity index (χ4n) is 3.18. The highest BCUT2D eigenvalue weighted by Gasteiger charge is 2.24. The molecule has 1 aliphatic heterocycles. The largest absolute Gasteiger partial charge is 0.377 e. The molecule has 27 heavy (non-hydrogen) atoms. The van der Waals surface area contributed by atoms with E-state index in [4.69, 9.17) is 9.47 Å². The average Bonchev–Trinajstić information content (AvgIpc) is 3.14. The molecule has 7 nitrogen and oxygen atoms in total. The van der Waals surface area contributed by atoms with Crippen LogP contribution in [-0.4, -0.2) is 63.8 Å². The zero-order chi connectivity index (χ0) is 19.8. The summed E-state index contributed by atoms with van der Waals surface area (Å²) in [5.74, 6) is -0.106. The maximum absolute atomic E-state index is 12.6. The highest BCUT2D eigenvalue weighted by molar-refractivity contribution is 5.91. The number of ether oxygens (including phenoxy) is 2. The Hall–Kier alpha value is -2.12.